The van der Waals surface area contributed by atoms with Crippen molar-refractivity contribution in [1.29, 1.82) is 0 Å². The number of aliphatic hydroxyl groups is 3. The second kappa shape index (κ2) is 18.6. The lowest BCUT2D eigenvalue weighted by Crippen LogP contribution is -2.09. The van der Waals surface area contributed by atoms with Crippen molar-refractivity contribution in [3.63, 3.8) is 0 Å². The molecular weight excluding hydrogens is 188 g/mol. The van der Waals surface area contributed by atoms with Crippen LogP contribution in [0, 0.1) is 0 Å². The standard InChI is InChI=1S/C6H14O4.C3H8O/c7-1-3-9-5-6-10-4-2-8;1-2-3-4/h7-8H,1-6H2;4H,2-3H2,1H3. The average molecular weight is 210 g/mol. The minimum absolute atomic E-state index is 0.0417. The van der Waals surface area contributed by atoms with E-state index < -0.39 is 0 Å². The Kier molecular flexibility index (Phi) is 21.5. The molecule has 0 rings (SSSR count). The zero-order chi connectivity index (χ0) is 11.1. The first kappa shape index (κ1) is 16.2. The summed E-state index contributed by atoms with van der Waals surface area (Å²) in [5, 5.41) is 24.4. The molecule has 0 spiro atoms. The molecule has 0 atom stereocenters. The van der Waals surface area contributed by atoms with Crippen LogP contribution in [0.4, 0.5) is 0 Å². The SMILES string of the molecule is CCCO.OCCOCCOCCO. The third-order valence-corrected chi connectivity index (χ3v) is 1.07. The lowest BCUT2D eigenvalue weighted by atomic mass is 10.5. The van der Waals surface area contributed by atoms with Gasteiger partial charge in [-0.3, -0.25) is 0 Å². The van der Waals surface area contributed by atoms with Gasteiger partial charge in [-0.1, -0.05) is 6.92 Å². The second-order valence-corrected chi connectivity index (χ2v) is 2.40. The number of aliphatic hydroxyl groups excluding tert-OH is 3. The zero-order valence-corrected chi connectivity index (χ0v) is 8.81. The van der Waals surface area contributed by atoms with Crippen LogP contribution in [0.25, 0.3) is 0 Å². The zero-order valence-electron chi connectivity index (χ0n) is 8.81. The van der Waals surface area contributed by atoms with E-state index in [2.05, 4.69) is 0 Å². The first-order chi connectivity index (χ1) is 6.83. The number of hydrogen-bond acceptors (Lipinski definition) is 5. The van der Waals surface area contributed by atoms with Crippen LogP contribution in [0.2, 0.25) is 0 Å². The molecule has 0 aromatic heterocycles. The molecule has 14 heavy (non-hydrogen) atoms. The summed E-state index contributed by atoms with van der Waals surface area (Å²) in [5.74, 6) is 0. The van der Waals surface area contributed by atoms with Crippen LogP contribution < -0.4 is 0 Å². The highest BCUT2D eigenvalue weighted by Gasteiger charge is 1.86. The van der Waals surface area contributed by atoms with Gasteiger partial charge in [0, 0.05) is 6.61 Å². The molecule has 0 aliphatic rings. The molecule has 5 heteroatoms. The fourth-order valence-electron chi connectivity index (χ4n) is 0.451. The van der Waals surface area contributed by atoms with Gasteiger partial charge in [0.15, 0.2) is 0 Å². The third-order valence-electron chi connectivity index (χ3n) is 1.07. The van der Waals surface area contributed by atoms with Crippen molar-refractivity contribution in [2.24, 2.45) is 0 Å². The summed E-state index contributed by atoms with van der Waals surface area (Å²) in [6, 6.07) is 0. The van der Waals surface area contributed by atoms with Crippen molar-refractivity contribution in [2.45, 2.75) is 13.3 Å². The second-order valence-electron chi connectivity index (χ2n) is 2.40. The molecule has 88 valence electrons. The summed E-state index contributed by atoms with van der Waals surface area (Å²) in [7, 11) is 0. The third kappa shape index (κ3) is 22.6. The first-order valence-corrected chi connectivity index (χ1v) is 4.81. The summed E-state index contributed by atoms with van der Waals surface area (Å²) < 4.78 is 9.75. The summed E-state index contributed by atoms with van der Waals surface area (Å²) >= 11 is 0. The minimum atomic E-state index is 0.0417. The maximum absolute atomic E-state index is 8.26. The minimum Gasteiger partial charge on any atom is -0.396 e. The highest BCUT2D eigenvalue weighted by molar-refractivity contribution is 4.30. The highest BCUT2D eigenvalue weighted by Crippen LogP contribution is 1.76. The quantitative estimate of drug-likeness (QED) is 0.466. The predicted molar refractivity (Wildman–Crippen MR) is 53.2 cm³/mol. The molecule has 0 aliphatic carbocycles. The van der Waals surface area contributed by atoms with E-state index in [9.17, 15) is 0 Å². The molecule has 0 aromatic carbocycles. The van der Waals surface area contributed by atoms with E-state index in [-0.39, 0.29) is 13.2 Å². The Bertz CT molecular complexity index is 69.6. The maximum atomic E-state index is 8.26. The van der Waals surface area contributed by atoms with Gasteiger partial charge in [-0.15, -0.1) is 0 Å². The average Bonchev–Trinajstić information content (AvgIpc) is 2.24. The van der Waals surface area contributed by atoms with Crippen molar-refractivity contribution < 1.29 is 24.8 Å². The highest BCUT2D eigenvalue weighted by atomic mass is 16.5. The van der Waals surface area contributed by atoms with Crippen LogP contribution in [-0.2, 0) is 9.47 Å². The fourth-order valence-corrected chi connectivity index (χ4v) is 0.451. The molecule has 0 heterocycles. The fraction of sp³-hybridized carbons (Fsp3) is 1.00. The summed E-state index contributed by atoms with van der Waals surface area (Å²) in [4.78, 5) is 0. The molecule has 0 radical (unpaired) electrons. The number of rotatable bonds is 8. The van der Waals surface area contributed by atoms with E-state index in [1.54, 1.807) is 0 Å². The van der Waals surface area contributed by atoms with Gasteiger partial charge < -0.3 is 24.8 Å². The van der Waals surface area contributed by atoms with Crippen LogP contribution in [0.15, 0.2) is 0 Å². The van der Waals surface area contributed by atoms with Crippen molar-refractivity contribution in [1.82, 2.24) is 0 Å². The summed E-state index contributed by atoms with van der Waals surface area (Å²) in [5.41, 5.74) is 0. The van der Waals surface area contributed by atoms with E-state index in [1.807, 2.05) is 6.92 Å². The molecule has 0 aliphatic heterocycles. The van der Waals surface area contributed by atoms with Crippen molar-refractivity contribution >= 4 is 0 Å². The Labute approximate surface area is 85.3 Å². The molecule has 0 fully saturated rings. The van der Waals surface area contributed by atoms with Crippen LogP contribution in [0.1, 0.15) is 13.3 Å². The van der Waals surface area contributed by atoms with Crippen molar-refractivity contribution in [3.8, 4) is 0 Å². The van der Waals surface area contributed by atoms with Crippen LogP contribution in [-0.4, -0.2) is 61.6 Å². The monoisotopic (exact) mass is 210 g/mol. The van der Waals surface area contributed by atoms with E-state index in [0.717, 1.165) is 6.42 Å². The van der Waals surface area contributed by atoms with Gasteiger partial charge in [0.25, 0.3) is 0 Å². The summed E-state index contributed by atoms with van der Waals surface area (Å²) in [6.07, 6.45) is 0.875. The molecule has 0 bridgehead atoms. The van der Waals surface area contributed by atoms with E-state index in [1.165, 1.54) is 0 Å². The van der Waals surface area contributed by atoms with Gasteiger partial charge in [-0.25, -0.2) is 0 Å². The molecule has 0 saturated heterocycles. The van der Waals surface area contributed by atoms with E-state index >= 15 is 0 Å². The van der Waals surface area contributed by atoms with Gasteiger partial charge in [0.2, 0.25) is 0 Å². The first-order valence-electron chi connectivity index (χ1n) is 4.81. The van der Waals surface area contributed by atoms with Gasteiger partial charge in [-0.2, -0.15) is 0 Å². The molecule has 0 unspecified atom stereocenters. The topological polar surface area (TPSA) is 79.2 Å². The normalized spacial score (nSPS) is 9.43. The van der Waals surface area contributed by atoms with E-state index in [0.29, 0.717) is 33.0 Å². The Hall–Kier alpha value is -0.200. The lowest BCUT2D eigenvalue weighted by Gasteiger charge is -2.01. The van der Waals surface area contributed by atoms with Gasteiger partial charge in [0.05, 0.1) is 39.6 Å². The molecule has 0 saturated carbocycles. The van der Waals surface area contributed by atoms with Crippen LogP contribution >= 0.6 is 0 Å². The molecule has 0 amide bonds. The molecule has 5 nitrogen and oxygen atoms in total. The van der Waals surface area contributed by atoms with Crippen LogP contribution in [0.3, 0.4) is 0 Å². The van der Waals surface area contributed by atoms with Gasteiger partial charge >= 0.3 is 0 Å². The van der Waals surface area contributed by atoms with Crippen LogP contribution in [0.5, 0.6) is 0 Å². The van der Waals surface area contributed by atoms with Crippen molar-refractivity contribution in [3.05, 3.63) is 0 Å². The number of ether oxygens (including phenoxy) is 2. The smallest absolute Gasteiger partial charge is 0.0701 e. The Balaban J connectivity index is 0. The Morgan fingerprint density at radius 3 is 1.29 bits per heavy atom. The largest absolute Gasteiger partial charge is 0.396 e. The molecular formula is C9H22O5. The molecule has 3 N–H and O–H groups in total. The maximum Gasteiger partial charge on any atom is 0.0701 e. The number of hydrogen-bond donors (Lipinski definition) is 3. The summed E-state index contributed by atoms with van der Waals surface area (Å²) in [6.45, 7) is 3.98. The Morgan fingerprint density at radius 1 is 0.714 bits per heavy atom. The van der Waals surface area contributed by atoms with Gasteiger partial charge in [0.1, 0.15) is 0 Å². The van der Waals surface area contributed by atoms with Gasteiger partial charge in [-0.05, 0) is 6.42 Å². The van der Waals surface area contributed by atoms with E-state index in [4.69, 9.17) is 24.8 Å². The molecule has 0 aromatic rings. The Morgan fingerprint density at radius 2 is 1.07 bits per heavy atom. The van der Waals surface area contributed by atoms with Crippen molar-refractivity contribution in [2.75, 3.05) is 46.2 Å². The predicted octanol–water partition coefficient (Wildman–Crippen LogP) is -0.607. The lowest BCUT2D eigenvalue weighted by molar-refractivity contribution is 0.0222.